The molecule has 24 heavy (non-hydrogen) atoms. The third-order valence-electron chi connectivity index (χ3n) is 4.33. The van der Waals surface area contributed by atoms with Crippen LogP contribution in [0.2, 0.25) is 0 Å². The lowest BCUT2D eigenvalue weighted by atomic mass is 9.98. The molecule has 0 spiro atoms. The van der Waals surface area contributed by atoms with E-state index in [4.69, 9.17) is 0 Å². The molecule has 0 bridgehead atoms. The molecule has 0 saturated carbocycles. The first-order valence-electron chi connectivity index (χ1n) is 7.63. The van der Waals surface area contributed by atoms with Gasteiger partial charge in [0, 0.05) is 19.0 Å². The van der Waals surface area contributed by atoms with Crippen molar-refractivity contribution in [3.63, 3.8) is 0 Å². The molecule has 1 saturated heterocycles. The second kappa shape index (κ2) is 5.77. The molecule has 1 aliphatic heterocycles. The number of rotatable bonds is 3. The molecular formula is C16H14F3N5. The van der Waals surface area contributed by atoms with Gasteiger partial charge in [-0.3, -0.25) is 0 Å². The molecule has 0 amide bonds. The SMILES string of the molecule is Fc1ccccc1C1CCN(c2ccc3nnc(C(F)F)n3n2)C1. The van der Waals surface area contributed by atoms with Crippen LogP contribution in [-0.4, -0.2) is 32.9 Å². The van der Waals surface area contributed by atoms with E-state index < -0.39 is 12.2 Å². The smallest absolute Gasteiger partial charge is 0.299 e. The fourth-order valence-corrected chi connectivity index (χ4v) is 3.13. The molecule has 2 aromatic heterocycles. The first-order valence-corrected chi connectivity index (χ1v) is 7.63. The minimum absolute atomic E-state index is 0.0548. The van der Waals surface area contributed by atoms with Crippen molar-refractivity contribution in [1.29, 1.82) is 0 Å². The lowest BCUT2D eigenvalue weighted by Gasteiger charge is -2.17. The van der Waals surface area contributed by atoms with Gasteiger partial charge in [0.05, 0.1) is 0 Å². The van der Waals surface area contributed by atoms with Crippen molar-refractivity contribution in [3.05, 3.63) is 53.6 Å². The van der Waals surface area contributed by atoms with Crippen LogP contribution in [-0.2, 0) is 0 Å². The summed E-state index contributed by atoms with van der Waals surface area (Å²) < 4.78 is 40.9. The molecule has 8 heteroatoms. The standard InChI is InChI=1S/C16H14F3N5/c17-12-4-2-1-3-11(12)10-7-8-23(9-10)14-6-5-13-20-21-16(15(18)19)24(13)22-14/h1-6,10,15H,7-9H2. The van der Waals surface area contributed by atoms with E-state index in [0.717, 1.165) is 10.9 Å². The van der Waals surface area contributed by atoms with Crippen LogP contribution in [0.25, 0.3) is 5.65 Å². The molecule has 1 unspecified atom stereocenters. The van der Waals surface area contributed by atoms with E-state index in [1.54, 1.807) is 24.3 Å². The van der Waals surface area contributed by atoms with Crippen LogP contribution in [0.15, 0.2) is 36.4 Å². The second-order valence-corrected chi connectivity index (χ2v) is 5.77. The zero-order valence-corrected chi connectivity index (χ0v) is 12.6. The summed E-state index contributed by atoms with van der Waals surface area (Å²) in [6, 6.07) is 10.1. The van der Waals surface area contributed by atoms with E-state index in [0.29, 0.717) is 24.5 Å². The molecule has 4 rings (SSSR count). The van der Waals surface area contributed by atoms with E-state index in [9.17, 15) is 13.2 Å². The van der Waals surface area contributed by atoms with E-state index in [1.165, 1.54) is 6.07 Å². The number of anilines is 1. The first-order chi connectivity index (χ1) is 11.6. The monoisotopic (exact) mass is 333 g/mol. The molecule has 0 aliphatic carbocycles. The van der Waals surface area contributed by atoms with Crippen molar-refractivity contribution in [3.8, 4) is 0 Å². The highest BCUT2D eigenvalue weighted by Gasteiger charge is 2.27. The number of alkyl halides is 2. The summed E-state index contributed by atoms with van der Waals surface area (Å²) in [5, 5.41) is 11.4. The van der Waals surface area contributed by atoms with Crippen LogP contribution in [0.3, 0.4) is 0 Å². The maximum atomic E-state index is 13.9. The lowest BCUT2D eigenvalue weighted by Crippen LogP contribution is -2.21. The van der Waals surface area contributed by atoms with Gasteiger partial charge in [-0.1, -0.05) is 18.2 Å². The number of hydrogen-bond donors (Lipinski definition) is 0. The zero-order valence-electron chi connectivity index (χ0n) is 12.6. The Morgan fingerprint density at radius 3 is 2.71 bits per heavy atom. The van der Waals surface area contributed by atoms with E-state index in [1.807, 2.05) is 11.0 Å². The van der Waals surface area contributed by atoms with Crippen LogP contribution in [0.1, 0.15) is 30.2 Å². The van der Waals surface area contributed by atoms with Gasteiger partial charge in [0.25, 0.3) is 6.43 Å². The van der Waals surface area contributed by atoms with Gasteiger partial charge in [-0.15, -0.1) is 15.3 Å². The Morgan fingerprint density at radius 2 is 1.92 bits per heavy atom. The van der Waals surface area contributed by atoms with E-state index in [2.05, 4.69) is 15.3 Å². The van der Waals surface area contributed by atoms with Crippen LogP contribution < -0.4 is 4.90 Å². The third-order valence-corrected chi connectivity index (χ3v) is 4.33. The van der Waals surface area contributed by atoms with Crippen molar-refractivity contribution < 1.29 is 13.2 Å². The average Bonchev–Trinajstić information content (AvgIpc) is 3.21. The Morgan fingerprint density at radius 1 is 1.08 bits per heavy atom. The minimum Gasteiger partial charge on any atom is -0.355 e. The molecule has 1 fully saturated rings. The van der Waals surface area contributed by atoms with Crippen LogP contribution >= 0.6 is 0 Å². The Balaban J connectivity index is 1.62. The van der Waals surface area contributed by atoms with Crippen molar-refractivity contribution in [2.24, 2.45) is 0 Å². The average molecular weight is 333 g/mol. The second-order valence-electron chi connectivity index (χ2n) is 5.77. The van der Waals surface area contributed by atoms with Crippen LogP contribution in [0, 0.1) is 5.82 Å². The Hall–Kier alpha value is -2.64. The molecule has 3 heterocycles. The third kappa shape index (κ3) is 2.47. The molecule has 124 valence electrons. The predicted molar refractivity (Wildman–Crippen MR) is 81.7 cm³/mol. The highest BCUT2D eigenvalue weighted by molar-refractivity contribution is 5.47. The number of benzene rings is 1. The largest absolute Gasteiger partial charge is 0.355 e. The van der Waals surface area contributed by atoms with Gasteiger partial charge in [0.15, 0.2) is 5.65 Å². The summed E-state index contributed by atoms with van der Waals surface area (Å²) >= 11 is 0. The highest BCUT2D eigenvalue weighted by atomic mass is 19.3. The summed E-state index contributed by atoms with van der Waals surface area (Å²) in [5.74, 6) is -0.0783. The fraction of sp³-hybridized carbons (Fsp3) is 0.312. The molecule has 5 nitrogen and oxygen atoms in total. The molecule has 0 N–H and O–H groups in total. The lowest BCUT2D eigenvalue weighted by molar-refractivity contribution is 0.137. The van der Waals surface area contributed by atoms with Crippen LogP contribution in [0.5, 0.6) is 0 Å². The number of fused-ring (bicyclic) bond motifs is 1. The van der Waals surface area contributed by atoms with E-state index in [-0.39, 0.29) is 17.4 Å². The van der Waals surface area contributed by atoms with Crippen molar-refractivity contribution in [2.45, 2.75) is 18.8 Å². The number of hydrogen-bond acceptors (Lipinski definition) is 4. The number of aromatic nitrogens is 4. The van der Waals surface area contributed by atoms with Gasteiger partial charge in [-0.05, 0) is 30.2 Å². The Kier molecular flexibility index (Phi) is 3.59. The molecule has 3 aromatic rings. The normalized spacial score (nSPS) is 18.0. The summed E-state index contributed by atoms with van der Waals surface area (Å²) in [4.78, 5) is 1.96. The Labute approximate surface area is 135 Å². The van der Waals surface area contributed by atoms with Crippen molar-refractivity contribution in [1.82, 2.24) is 19.8 Å². The van der Waals surface area contributed by atoms with Gasteiger partial charge in [-0.25, -0.2) is 13.2 Å². The molecule has 1 aliphatic rings. The number of halogens is 3. The summed E-state index contributed by atoms with van der Waals surface area (Å²) in [6.07, 6.45) is -1.96. The quantitative estimate of drug-likeness (QED) is 0.738. The van der Waals surface area contributed by atoms with Gasteiger partial charge in [-0.2, -0.15) is 4.52 Å². The van der Waals surface area contributed by atoms with Crippen molar-refractivity contribution in [2.75, 3.05) is 18.0 Å². The van der Waals surface area contributed by atoms with Gasteiger partial charge in [0.1, 0.15) is 11.6 Å². The Bertz CT molecular complexity index is 879. The predicted octanol–water partition coefficient (Wildman–Crippen LogP) is 3.19. The zero-order chi connectivity index (χ0) is 16.7. The summed E-state index contributed by atoms with van der Waals surface area (Å²) in [6.45, 7) is 1.27. The van der Waals surface area contributed by atoms with Gasteiger partial charge >= 0.3 is 0 Å². The maximum Gasteiger partial charge on any atom is 0.299 e. The molecule has 1 atom stereocenters. The number of nitrogens with zero attached hydrogens (tertiary/aromatic N) is 5. The topological polar surface area (TPSA) is 46.3 Å². The summed E-state index contributed by atoms with van der Waals surface area (Å²) in [7, 11) is 0. The molecule has 0 radical (unpaired) electrons. The molecule has 1 aromatic carbocycles. The molecular weight excluding hydrogens is 319 g/mol. The van der Waals surface area contributed by atoms with E-state index >= 15 is 0 Å². The van der Waals surface area contributed by atoms with Crippen molar-refractivity contribution >= 4 is 11.5 Å². The highest BCUT2D eigenvalue weighted by Crippen LogP contribution is 2.31. The maximum absolute atomic E-state index is 13.9. The fourth-order valence-electron chi connectivity index (χ4n) is 3.13. The minimum atomic E-state index is -2.74. The van der Waals surface area contributed by atoms with Gasteiger partial charge in [0.2, 0.25) is 5.82 Å². The van der Waals surface area contributed by atoms with Crippen LogP contribution in [0.4, 0.5) is 19.0 Å². The first kappa shape index (κ1) is 14.9. The van der Waals surface area contributed by atoms with Gasteiger partial charge < -0.3 is 4.90 Å². The summed E-state index contributed by atoms with van der Waals surface area (Å²) in [5.41, 5.74) is 0.956.